The summed E-state index contributed by atoms with van der Waals surface area (Å²) in [4.78, 5) is 3.33. The van der Waals surface area contributed by atoms with Crippen molar-refractivity contribution in [3.05, 3.63) is 0 Å². The van der Waals surface area contributed by atoms with Gasteiger partial charge in [-0.3, -0.25) is 15.0 Å². The first-order valence-electron chi connectivity index (χ1n) is 2.76. The lowest BCUT2D eigenvalue weighted by molar-refractivity contribution is 0.362. The molecule has 7 heteroatoms. The number of hydrogen-bond acceptors (Lipinski definition) is 4. The third-order valence-corrected chi connectivity index (χ3v) is 1.53. The van der Waals surface area contributed by atoms with Crippen LogP contribution in [0.25, 0.3) is 0 Å². The predicted octanol–water partition coefficient (Wildman–Crippen LogP) is -1.07. The molecule has 0 spiro atoms. The van der Waals surface area contributed by atoms with E-state index in [2.05, 4.69) is 10.4 Å². The summed E-state index contributed by atoms with van der Waals surface area (Å²) in [5.74, 6) is 0. The number of nitrogens with zero attached hydrogens (tertiary/aromatic N) is 2. The first kappa shape index (κ1) is 10.3. The molecule has 66 valence electrons. The van der Waals surface area contributed by atoms with Crippen LogP contribution < -0.4 is 5.43 Å². The molecule has 0 aliphatic carbocycles. The van der Waals surface area contributed by atoms with Crippen LogP contribution >= 0.6 is 0 Å². The van der Waals surface area contributed by atoms with E-state index in [-0.39, 0.29) is 0 Å². The first-order valence-corrected chi connectivity index (χ1v) is 4.20. The zero-order valence-electron chi connectivity index (χ0n) is 6.57. The maximum absolute atomic E-state index is 10.4. The summed E-state index contributed by atoms with van der Waals surface area (Å²) in [6, 6.07) is 0. The van der Waals surface area contributed by atoms with Crippen LogP contribution in [0.15, 0.2) is 4.99 Å². The lowest BCUT2D eigenvalue weighted by Gasteiger charge is -2.12. The van der Waals surface area contributed by atoms with E-state index < -0.39 is 15.3 Å². The van der Waals surface area contributed by atoms with Gasteiger partial charge >= 0.3 is 10.1 Å². The smallest absolute Gasteiger partial charge is 0.292 e. The van der Waals surface area contributed by atoms with Crippen molar-refractivity contribution in [2.75, 3.05) is 21.1 Å². The van der Waals surface area contributed by atoms with Gasteiger partial charge in [0.2, 0.25) is 0 Å². The van der Waals surface area contributed by atoms with Gasteiger partial charge in [0.05, 0.1) is 0 Å². The summed E-state index contributed by atoms with van der Waals surface area (Å²) in [6.45, 7) is 0. The van der Waals surface area contributed by atoms with Gasteiger partial charge in [-0.25, -0.2) is 5.01 Å². The number of nitrogens with one attached hydrogen (secondary N) is 1. The largest absolute Gasteiger partial charge is 0.329 e. The summed E-state index contributed by atoms with van der Waals surface area (Å²) >= 11 is 0. The summed E-state index contributed by atoms with van der Waals surface area (Å²) in [5.41, 5.74) is 2.31. The molecule has 0 bridgehead atoms. The monoisotopic (exact) mass is 181 g/mol. The highest BCUT2D eigenvalue weighted by Gasteiger charge is 2.14. The molecule has 0 heterocycles. The van der Waals surface area contributed by atoms with E-state index in [1.165, 1.54) is 12.1 Å². The minimum atomic E-state index is -4.21. The fourth-order valence-corrected chi connectivity index (χ4v) is 0.943. The van der Waals surface area contributed by atoms with Crippen molar-refractivity contribution in [3.8, 4) is 0 Å². The van der Waals surface area contributed by atoms with Gasteiger partial charge in [-0.1, -0.05) is 0 Å². The average Bonchev–Trinajstić information content (AvgIpc) is 1.79. The minimum Gasteiger partial charge on any atom is -0.292 e. The lowest BCUT2D eigenvalue weighted by atomic mass is 11.1. The van der Waals surface area contributed by atoms with Crippen molar-refractivity contribution in [1.82, 2.24) is 10.4 Å². The zero-order chi connectivity index (χ0) is 9.07. The van der Waals surface area contributed by atoms with Crippen molar-refractivity contribution in [1.29, 1.82) is 0 Å². The molecule has 0 saturated carbocycles. The summed E-state index contributed by atoms with van der Waals surface area (Å²) in [6.07, 6.45) is 0. The Morgan fingerprint density at radius 3 is 2.09 bits per heavy atom. The number of aliphatic imine (C=N–C) groups is 1. The van der Waals surface area contributed by atoms with Gasteiger partial charge in [-0.15, -0.1) is 0 Å². The normalized spacial score (nSPS) is 13.7. The summed E-state index contributed by atoms with van der Waals surface area (Å²) < 4.78 is 29.3. The van der Waals surface area contributed by atoms with Crippen LogP contribution in [0.5, 0.6) is 0 Å². The van der Waals surface area contributed by atoms with E-state index in [4.69, 9.17) is 4.55 Å². The maximum atomic E-state index is 10.4. The van der Waals surface area contributed by atoms with Crippen LogP contribution in [0.2, 0.25) is 0 Å². The van der Waals surface area contributed by atoms with Gasteiger partial charge in [0.15, 0.2) is 0 Å². The van der Waals surface area contributed by atoms with Crippen LogP contribution in [-0.2, 0) is 10.1 Å². The number of hydrazine groups is 1. The van der Waals surface area contributed by atoms with E-state index in [0.717, 1.165) is 0 Å². The predicted molar refractivity (Wildman–Crippen MR) is 41.7 cm³/mol. The Hall–Kier alpha value is -0.660. The quantitative estimate of drug-likeness (QED) is 0.233. The van der Waals surface area contributed by atoms with Gasteiger partial charge in [-0.05, 0) is 0 Å². The highest BCUT2D eigenvalue weighted by Crippen LogP contribution is 1.84. The van der Waals surface area contributed by atoms with Crippen LogP contribution in [0.1, 0.15) is 0 Å². The second-order valence-electron chi connectivity index (χ2n) is 2.01. The SMILES string of the molecule is CN=C(NN(C)C)S(=O)(=O)O. The van der Waals surface area contributed by atoms with E-state index in [9.17, 15) is 8.42 Å². The molecule has 0 amide bonds. The minimum absolute atomic E-state index is 0.470. The Balaban J connectivity index is 4.48. The fourth-order valence-electron chi connectivity index (χ4n) is 0.414. The van der Waals surface area contributed by atoms with Crippen molar-refractivity contribution in [2.45, 2.75) is 0 Å². The Kier molecular flexibility index (Phi) is 3.43. The van der Waals surface area contributed by atoms with Crippen LogP contribution in [0.4, 0.5) is 0 Å². The topological polar surface area (TPSA) is 82.0 Å². The third-order valence-electron chi connectivity index (χ3n) is 0.767. The molecule has 0 aliphatic rings. The molecular weight excluding hydrogens is 170 g/mol. The maximum Gasteiger partial charge on any atom is 0.329 e. The Labute approximate surface area is 65.6 Å². The van der Waals surface area contributed by atoms with Gasteiger partial charge in [0.1, 0.15) is 0 Å². The fraction of sp³-hybridized carbons (Fsp3) is 0.750. The van der Waals surface area contributed by atoms with E-state index in [1.807, 2.05) is 0 Å². The van der Waals surface area contributed by atoms with Gasteiger partial charge in [0, 0.05) is 21.1 Å². The number of amidine groups is 1. The third kappa shape index (κ3) is 3.91. The molecule has 0 fully saturated rings. The molecule has 11 heavy (non-hydrogen) atoms. The van der Waals surface area contributed by atoms with Gasteiger partial charge in [-0.2, -0.15) is 8.42 Å². The molecule has 0 unspecified atom stereocenters. The van der Waals surface area contributed by atoms with Crippen molar-refractivity contribution >= 4 is 15.3 Å². The second-order valence-corrected chi connectivity index (χ2v) is 3.35. The van der Waals surface area contributed by atoms with E-state index >= 15 is 0 Å². The first-order chi connectivity index (χ1) is 4.88. The van der Waals surface area contributed by atoms with Gasteiger partial charge in [0.25, 0.3) is 5.17 Å². The van der Waals surface area contributed by atoms with Gasteiger partial charge < -0.3 is 0 Å². The molecule has 2 N–H and O–H groups in total. The van der Waals surface area contributed by atoms with Crippen molar-refractivity contribution < 1.29 is 13.0 Å². The molecular formula is C4H11N3O3S. The molecule has 0 aliphatic heterocycles. The lowest BCUT2D eigenvalue weighted by Crippen LogP contribution is -2.40. The van der Waals surface area contributed by atoms with Crippen LogP contribution in [0.3, 0.4) is 0 Å². The van der Waals surface area contributed by atoms with Crippen molar-refractivity contribution in [2.24, 2.45) is 4.99 Å². The molecule has 6 nitrogen and oxygen atoms in total. The van der Waals surface area contributed by atoms with E-state index in [1.54, 1.807) is 14.1 Å². The molecule has 0 radical (unpaired) electrons. The summed E-state index contributed by atoms with van der Waals surface area (Å²) in [7, 11) is 0.210. The molecule has 0 saturated heterocycles. The number of hydrogen-bond donors (Lipinski definition) is 2. The number of rotatable bonds is 1. The second kappa shape index (κ2) is 3.65. The highest BCUT2D eigenvalue weighted by molar-refractivity contribution is 8.01. The molecule has 0 atom stereocenters. The molecule has 0 rings (SSSR count). The molecule has 0 aromatic carbocycles. The Morgan fingerprint density at radius 2 is 2.00 bits per heavy atom. The van der Waals surface area contributed by atoms with Crippen molar-refractivity contribution in [3.63, 3.8) is 0 Å². The highest BCUT2D eigenvalue weighted by atomic mass is 32.2. The Morgan fingerprint density at radius 1 is 1.55 bits per heavy atom. The summed E-state index contributed by atoms with van der Waals surface area (Å²) in [5, 5.41) is 0.887. The van der Waals surface area contributed by atoms with Crippen LogP contribution in [-0.4, -0.2) is 44.3 Å². The molecule has 0 aromatic heterocycles. The average molecular weight is 181 g/mol. The standard InChI is InChI=1S/C4H11N3O3S/c1-5-4(6-7(2)3)11(8,9)10/h1-3H3,(H,5,6)(H,8,9,10). The Bertz CT molecular complexity index is 243. The van der Waals surface area contributed by atoms with Crippen LogP contribution in [0, 0.1) is 0 Å². The zero-order valence-corrected chi connectivity index (χ0v) is 7.38. The van der Waals surface area contributed by atoms with E-state index in [0.29, 0.717) is 0 Å². The molecule has 0 aromatic rings.